The third-order valence-corrected chi connectivity index (χ3v) is 4.68. The minimum atomic E-state index is -0.837. The van der Waals surface area contributed by atoms with Crippen molar-refractivity contribution in [2.75, 3.05) is 11.5 Å². The van der Waals surface area contributed by atoms with Gasteiger partial charge >= 0.3 is 0 Å². The Morgan fingerprint density at radius 1 is 1.53 bits per heavy atom. The van der Waals surface area contributed by atoms with Crippen LogP contribution < -0.4 is 5.32 Å². The maximum Gasteiger partial charge on any atom is 0.124 e. The van der Waals surface area contributed by atoms with Crippen LogP contribution in [-0.4, -0.2) is 21.8 Å². The maximum absolute atomic E-state index is 13.0. The Hall–Kier alpha value is -0.450. The summed E-state index contributed by atoms with van der Waals surface area (Å²) in [4.78, 5) is 0. The van der Waals surface area contributed by atoms with E-state index in [4.69, 9.17) is 11.6 Å². The molecule has 1 aromatic carbocycles. The van der Waals surface area contributed by atoms with Crippen LogP contribution in [0.15, 0.2) is 18.2 Å². The maximum atomic E-state index is 13.0. The highest BCUT2D eigenvalue weighted by atomic mass is 35.5. The molecule has 17 heavy (non-hydrogen) atoms. The number of benzene rings is 1. The number of rotatable bonds is 1. The zero-order valence-corrected chi connectivity index (χ0v) is 11.2. The Kier molecular flexibility index (Phi) is 4.17. The van der Waals surface area contributed by atoms with E-state index in [1.165, 1.54) is 12.1 Å². The number of halogens is 2. The van der Waals surface area contributed by atoms with Gasteiger partial charge in [-0.3, -0.25) is 4.21 Å². The summed E-state index contributed by atoms with van der Waals surface area (Å²) in [5, 5.41) is 3.78. The molecule has 2 rings (SSSR count). The lowest BCUT2D eigenvalue weighted by Gasteiger charge is -2.20. The molecule has 1 saturated heterocycles. The molecule has 3 unspecified atom stereocenters. The smallest absolute Gasteiger partial charge is 0.124 e. The van der Waals surface area contributed by atoms with Crippen LogP contribution in [-0.2, 0) is 10.8 Å². The van der Waals surface area contributed by atoms with Crippen molar-refractivity contribution in [1.82, 2.24) is 5.32 Å². The van der Waals surface area contributed by atoms with Gasteiger partial charge in [-0.2, -0.15) is 0 Å². The predicted molar refractivity (Wildman–Crippen MR) is 69.2 cm³/mol. The molecule has 0 amide bonds. The van der Waals surface area contributed by atoms with Crippen LogP contribution in [0.2, 0.25) is 5.02 Å². The van der Waals surface area contributed by atoms with Crippen LogP contribution in [0, 0.1) is 5.82 Å². The van der Waals surface area contributed by atoms with Gasteiger partial charge in [0.1, 0.15) is 5.82 Å². The van der Waals surface area contributed by atoms with E-state index in [-0.39, 0.29) is 11.9 Å². The van der Waals surface area contributed by atoms with Crippen LogP contribution in [0.3, 0.4) is 0 Å². The van der Waals surface area contributed by atoms with Gasteiger partial charge < -0.3 is 5.32 Å². The van der Waals surface area contributed by atoms with Gasteiger partial charge in [0.15, 0.2) is 0 Å². The zero-order chi connectivity index (χ0) is 12.4. The van der Waals surface area contributed by atoms with Crippen molar-refractivity contribution in [3.05, 3.63) is 34.6 Å². The van der Waals surface area contributed by atoms with Crippen molar-refractivity contribution in [3.63, 3.8) is 0 Å². The Morgan fingerprint density at radius 2 is 2.29 bits per heavy atom. The molecule has 1 fully saturated rings. The van der Waals surface area contributed by atoms with E-state index in [2.05, 4.69) is 12.2 Å². The van der Waals surface area contributed by atoms with Gasteiger partial charge in [0, 0.05) is 39.4 Å². The van der Waals surface area contributed by atoms with Crippen molar-refractivity contribution >= 4 is 22.4 Å². The van der Waals surface area contributed by atoms with E-state index in [9.17, 15) is 8.60 Å². The van der Waals surface area contributed by atoms with Crippen LogP contribution in [0.4, 0.5) is 4.39 Å². The molecule has 3 atom stereocenters. The molecule has 5 heteroatoms. The summed E-state index contributed by atoms with van der Waals surface area (Å²) in [6, 6.07) is 4.61. The molecule has 1 N–H and O–H groups in total. The van der Waals surface area contributed by atoms with E-state index in [0.29, 0.717) is 22.6 Å². The molecular weight excluding hydrogens is 261 g/mol. The Labute approximate surface area is 108 Å². The van der Waals surface area contributed by atoms with E-state index >= 15 is 0 Å². The van der Waals surface area contributed by atoms with Crippen molar-refractivity contribution < 1.29 is 8.60 Å². The Balaban J connectivity index is 2.27. The minimum absolute atomic E-state index is 0.0542. The lowest BCUT2D eigenvalue weighted by molar-refractivity contribution is 0.484. The van der Waals surface area contributed by atoms with E-state index in [0.717, 1.165) is 12.0 Å². The summed E-state index contributed by atoms with van der Waals surface area (Å²) in [6.07, 6.45) is 0.891. The first-order valence-corrected chi connectivity index (χ1v) is 7.49. The SMILES string of the molecule is CC1CCS(=O)CC(c2ccc(F)cc2Cl)N1. The Bertz CT molecular complexity index is 441. The third-order valence-electron chi connectivity index (χ3n) is 2.95. The van der Waals surface area contributed by atoms with Gasteiger partial charge in [0.2, 0.25) is 0 Å². The lowest BCUT2D eigenvalue weighted by atomic mass is 10.1. The van der Waals surface area contributed by atoms with Gasteiger partial charge in [-0.15, -0.1) is 0 Å². The summed E-state index contributed by atoms with van der Waals surface area (Å²) in [6.45, 7) is 2.06. The summed E-state index contributed by atoms with van der Waals surface area (Å²) < 4.78 is 24.7. The normalized spacial score (nSPS) is 29.9. The molecule has 1 aromatic rings. The standard InChI is InChI=1S/C12H15ClFNOS/c1-8-4-5-17(16)7-12(15-8)10-3-2-9(14)6-11(10)13/h2-3,6,8,12,15H,4-5,7H2,1H3. The summed E-state index contributed by atoms with van der Waals surface area (Å²) >= 11 is 6.03. The fraction of sp³-hybridized carbons (Fsp3) is 0.500. The van der Waals surface area contributed by atoms with Gasteiger partial charge in [-0.25, -0.2) is 4.39 Å². The van der Waals surface area contributed by atoms with Crippen LogP contribution >= 0.6 is 11.6 Å². The van der Waals surface area contributed by atoms with Crippen molar-refractivity contribution in [3.8, 4) is 0 Å². The Morgan fingerprint density at radius 3 is 3.00 bits per heavy atom. The van der Waals surface area contributed by atoms with Crippen LogP contribution in [0.1, 0.15) is 24.9 Å². The third kappa shape index (κ3) is 3.27. The fourth-order valence-electron chi connectivity index (χ4n) is 2.02. The minimum Gasteiger partial charge on any atom is -0.307 e. The molecule has 0 bridgehead atoms. The molecule has 0 aliphatic carbocycles. The van der Waals surface area contributed by atoms with E-state index < -0.39 is 10.8 Å². The van der Waals surface area contributed by atoms with Gasteiger partial charge in [-0.1, -0.05) is 17.7 Å². The molecule has 0 saturated carbocycles. The van der Waals surface area contributed by atoms with Crippen LogP contribution in [0.5, 0.6) is 0 Å². The highest BCUT2D eigenvalue weighted by Crippen LogP contribution is 2.26. The average molecular weight is 276 g/mol. The molecular formula is C12H15ClFNOS. The lowest BCUT2D eigenvalue weighted by Crippen LogP contribution is -2.30. The second kappa shape index (κ2) is 5.46. The average Bonchev–Trinajstić information content (AvgIpc) is 2.40. The highest BCUT2D eigenvalue weighted by Gasteiger charge is 2.23. The van der Waals surface area contributed by atoms with Gasteiger partial charge in [0.05, 0.1) is 0 Å². The second-order valence-corrected chi connectivity index (χ2v) is 6.41. The van der Waals surface area contributed by atoms with Crippen molar-refractivity contribution in [2.24, 2.45) is 0 Å². The molecule has 1 heterocycles. The first-order chi connectivity index (χ1) is 8.06. The number of hydrogen-bond donors (Lipinski definition) is 1. The fourth-order valence-corrected chi connectivity index (χ4v) is 3.75. The van der Waals surface area contributed by atoms with E-state index in [1.54, 1.807) is 6.07 Å². The first kappa shape index (κ1) is 13.0. The molecule has 1 aliphatic rings. The molecule has 0 radical (unpaired) electrons. The summed E-state index contributed by atoms with van der Waals surface area (Å²) in [5.41, 5.74) is 0.829. The quantitative estimate of drug-likeness (QED) is 0.854. The van der Waals surface area contributed by atoms with Crippen LogP contribution in [0.25, 0.3) is 0 Å². The number of nitrogens with one attached hydrogen (secondary N) is 1. The van der Waals surface area contributed by atoms with E-state index in [1.807, 2.05) is 0 Å². The summed E-state index contributed by atoms with van der Waals surface area (Å²) in [5.74, 6) is 0.903. The second-order valence-electron chi connectivity index (χ2n) is 4.39. The monoisotopic (exact) mass is 275 g/mol. The predicted octanol–water partition coefficient (Wildman–Crippen LogP) is 2.65. The largest absolute Gasteiger partial charge is 0.307 e. The van der Waals surface area contributed by atoms with Crippen molar-refractivity contribution in [1.29, 1.82) is 0 Å². The van der Waals surface area contributed by atoms with Gasteiger partial charge in [-0.05, 0) is 31.0 Å². The molecule has 0 spiro atoms. The van der Waals surface area contributed by atoms with Crippen molar-refractivity contribution in [2.45, 2.75) is 25.4 Å². The zero-order valence-electron chi connectivity index (χ0n) is 9.58. The molecule has 94 valence electrons. The molecule has 2 nitrogen and oxygen atoms in total. The van der Waals surface area contributed by atoms with Gasteiger partial charge in [0.25, 0.3) is 0 Å². The topological polar surface area (TPSA) is 29.1 Å². The molecule has 0 aromatic heterocycles. The first-order valence-electron chi connectivity index (χ1n) is 5.62. The highest BCUT2D eigenvalue weighted by molar-refractivity contribution is 7.85. The molecule has 1 aliphatic heterocycles. The summed E-state index contributed by atoms with van der Waals surface area (Å²) in [7, 11) is -0.837. The number of hydrogen-bond acceptors (Lipinski definition) is 2.